The van der Waals surface area contributed by atoms with E-state index in [1.807, 2.05) is 24.3 Å². The molecule has 0 aliphatic carbocycles. The van der Waals surface area contributed by atoms with Crippen molar-refractivity contribution in [3.05, 3.63) is 34.7 Å². The topological polar surface area (TPSA) is 83.7 Å². The minimum atomic E-state index is -0.704. The third-order valence-corrected chi connectivity index (χ3v) is 5.01. The van der Waals surface area contributed by atoms with E-state index in [9.17, 15) is 14.4 Å². The van der Waals surface area contributed by atoms with Crippen molar-refractivity contribution in [2.75, 3.05) is 24.5 Å². The number of piperidine rings is 1. The summed E-state index contributed by atoms with van der Waals surface area (Å²) < 4.78 is 0. The molecule has 0 saturated carbocycles. The molecule has 3 amide bonds. The number of nitrogens with zero attached hydrogens (tertiary/aromatic N) is 2. The van der Waals surface area contributed by atoms with Crippen LogP contribution in [0.15, 0.2) is 29.2 Å². The standard InChI is InChI=1S/C17H19N3O3S/c18-15(21)11-20-16(22)14(24-17(20)23)10-12-4-6-13(7-5-12)19-8-2-1-3-9-19/h4-7,10H,1-3,8-9,11H2,(H2,18,21)/b14-10-. The highest BCUT2D eigenvalue weighted by Crippen LogP contribution is 2.32. The normalized spacial score (nSPS) is 20.1. The largest absolute Gasteiger partial charge is 0.372 e. The second kappa shape index (κ2) is 7.09. The number of amides is 3. The molecule has 126 valence electrons. The Bertz CT molecular complexity index is 694. The van der Waals surface area contributed by atoms with Crippen molar-refractivity contribution in [3.63, 3.8) is 0 Å². The van der Waals surface area contributed by atoms with Crippen LogP contribution in [0.1, 0.15) is 24.8 Å². The highest BCUT2D eigenvalue weighted by atomic mass is 32.2. The van der Waals surface area contributed by atoms with E-state index >= 15 is 0 Å². The predicted molar refractivity (Wildman–Crippen MR) is 94.4 cm³/mol. The molecular formula is C17H19N3O3S. The summed E-state index contributed by atoms with van der Waals surface area (Å²) >= 11 is 0.831. The van der Waals surface area contributed by atoms with Gasteiger partial charge in [0.15, 0.2) is 0 Å². The van der Waals surface area contributed by atoms with Gasteiger partial charge in [0, 0.05) is 18.8 Å². The van der Waals surface area contributed by atoms with Crippen LogP contribution in [-0.2, 0) is 9.59 Å². The van der Waals surface area contributed by atoms with Crippen molar-refractivity contribution < 1.29 is 14.4 Å². The first-order valence-corrected chi connectivity index (χ1v) is 8.75. The smallest absolute Gasteiger partial charge is 0.294 e. The summed E-state index contributed by atoms with van der Waals surface area (Å²) in [6.45, 7) is 1.77. The molecule has 2 aliphatic heterocycles. The van der Waals surface area contributed by atoms with Crippen LogP contribution in [0.2, 0.25) is 0 Å². The van der Waals surface area contributed by atoms with Gasteiger partial charge in [0.2, 0.25) is 5.91 Å². The van der Waals surface area contributed by atoms with Gasteiger partial charge in [-0.15, -0.1) is 0 Å². The number of anilines is 1. The Morgan fingerprint density at radius 1 is 1.12 bits per heavy atom. The van der Waals surface area contributed by atoms with Crippen LogP contribution in [0.3, 0.4) is 0 Å². The summed E-state index contributed by atoms with van der Waals surface area (Å²) in [7, 11) is 0. The van der Waals surface area contributed by atoms with Gasteiger partial charge in [-0.1, -0.05) is 12.1 Å². The van der Waals surface area contributed by atoms with E-state index in [1.165, 1.54) is 24.9 Å². The Morgan fingerprint density at radius 3 is 2.42 bits per heavy atom. The van der Waals surface area contributed by atoms with Crippen molar-refractivity contribution in [1.29, 1.82) is 0 Å². The average Bonchev–Trinajstić information content (AvgIpc) is 2.83. The van der Waals surface area contributed by atoms with E-state index in [0.29, 0.717) is 4.91 Å². The van der Waals surface area contributed by atoms with Crippen molar-refractivity contribution in [2.24, 2.45) is 5.73 Å². The molecule has 2 fully saturated rings. The molecule has 0 atom stereocenters. The monoisotopic (exact) mass is 345 g/mol. The molecule has 2 saturated heterocycles. The summed E-state index contributed by atoms with van der Waals surface area (Å²) in [6.07, 6.45) is 5.39. The predicted octanol–water partition coefficient (Wildman–Crippen LogP) is 2.20. The first-order valence-electron chi connectivity index (χ1n) is 7.93. The van der Waals surface area contributed by atoms with E-state index < -0.39 is 17.1 Å². The molecule has 2 aliphatic rings. The second-order valence-corrected chi connectivity index (χ2v) is 6.87. The molecule has 0 bridgehead atoms. The van der Waals surface area contributed by atoms with Crippen molar-refractivity contribution >= 4 is 40.6 Å². The number of nitrogens with two attached hydrogens (primary N) is 1. The first kappa shape index (κ1) is 16.6. The van der Waals surface area contributed by atoms with Crippen LogP contribution in [-0.4, -0.2) is 41.6 Å². The highest BCUT2D eigenvalue weighted by Gasteiger charge is 2.35. The van der Waals surface area contributed by atoms with Crippen LogP contribution < -0.4 is 10.6 Å². The van der Waals surface area contributed by atoms with E-state index in [4.69, 9.17) is 5.73 Å². The molecule has 1 aromatic carbocycles. The average molecular weight is 345 g/mol. The molecule has 2 N–H and O–H groups in total. The van der Waals surface area contributed by atoms with Gasteiger partial charge < -0.3 is 10.6 Å². The molecule has 6 nitrogen and oxygen atoms in total. The zero-order valence-electron chi connectivity index (χ0n) is 13.2. The molecule has 2 heterocycles. The van der Waals surface area contributed by atoms with Crippen molar-refractivity contribution in [3.8, 4) is 0 Å². The molecule has 3 rings (SSSR count). The fraction of sp³-hybridized carbons (Fsp3) is 0.353. The number of primary amides is 1. The zero-order chi connectivity index (χ0) is 17.1. The number of benzene rings is 1. The Balaban J connectivity index is 1.73. The lowest BCUT2D eigenvalue weighted by Crippen LogP contribution is -2.36. The van der Waals surface area contributed by atoms with Crippen LogP contribution in [0.4, 0.5) is 10.5 Å². The summed E-state index contributed by atoms with van der Waals surface area (Å²) in [5, 5.41) is -0.463. The number of rotatable bonds is 4. The Hall–Kier alpha value is -2.28. The SMILES string of the molecule is NC(=O)CN1C(=O)S/C(=C\c2ccc(N3CCCCC3)cc2)C1=O. The van der Waals surface area contributed by atoms with Gasteiger partial charge in [-0.05, 0) is 54.8 Å². The van der Waals surface area contributed by atoms with Crippen LogP contribution in [0.25, 0.3) is 6.08 Å². The molecule has 0 unspecified atom stereocenters. The fourth-order valence-corrected chi connectivity index (χ4v) is 3.72. The lowest BCUT2D eigenvalue weighted by Gasteiger charge is -2.28. The van der Waals surface area contributed by atoms with Gasteiger partial charge in [0.25, 0.3) is 11.1 Å². The zero-order valence-corrected chi connectivity index (χ0v) is 14.1. The third kappa shape index (κ3) is 3.62. The minimum absolute atomic E-state index is 0.312. The molecule has 0 spiro atoms. The molecule has 24 heavy (non-hydrogen) atoms. The molecule has 0 radical (unpaired) electrons. The molecular weight excluding hydrogens is 326 g/mol. The van der Waals surface area contributed by atoms with Crippen LogP contribution >= 0.6 is 11.8 Å². The van der Waals surface area contributed by atoms with Crippen LogP contribution in [0.5, 0.6) is 0 Å². The molecule has 0 aromatic heterocycles. The van der Waals surface area contributed by atoms with E-state index in [0.717, 1.165) is 35.3 Å². The summed E-state index contributed by atoms with van der Waals surface area (Å²) in [4.78, 5) is 38.4. The second-order valence-electron chi connectivity index (χ2n) is 5.87. The van der Waals surface area contributed by atoms with E-state index in [2.05, 4.69) is 4.90 Å². The number of carbonyl (C=O) groups excluding carboxylic acids is 3. The maximum Gasteiger partial charge on any atom is 0.294 e. The quantitative estimate of drug-likeness (QED) is 0.846. The lowest BCUT2D eigenvalue weighted by atomic mass is 10.1. The van der Waals surface area contributed by atoms with Gasteiger partial charge in [0.05, 0.1) is 4.91 Å². The summed E-state index contributed by atoms with van der Waals surface area (Å²) in [6, 6.07) is 7.94. The summed E-state index contributed by atoms with van der Waals surface area (Å²) in [5.41, 5.74) is 7.09. The van der Waals surface area contributed by atoms with Crippen molar-refractivity contribution in [2.45, 2.75) is 19.3 Å². The Morgan fingerprint density at radius 2 is 1.79 bits per heavy atom. The minimum Gasteiger partial charge on any atom is -0.372 e. The van der Waals surface area contributed by atoms with Crippen LogP contribution in [0, 0.1) is 0 Å². The van der Waals surface area contributed by atoms with E-state index in [1.54, 1.807) is 6.08 Å². The third-order valence-electron chi connectivity index (χ3n) is 4.10. The maximum atomic E-state index is 12.2. The van der Waals surface area contributed by atoms with Gasteiger partial charge in [-0.25, -0.2) is 0 Å². The Labute approximate surface area is 144 Å². The summed E-state index contributed by atoms with van der Waals surface area (Å²) in [5.74, 6) is -1.17. The number of thioether (sulfide) groups is 1. The maximum absolute atomic E-state index is 12.2. The van der Waals surface area contributed by atoms with E-state index in [-0.39, 0.29) is 6.54 Å². The van der Waals surface area contributed by atoms with Gasteiger partial charge in [-0.2, -0.15) is 0 Å². The molecule has 1 aromatic rings. The first-order chi connectivity index (χ1) is 11.5. The number of hydrogen-bond acceptors (Lipinski definition) is 5. The Kier molecular flexibility index (Phi) is 4.89. The highest BCUT2D eigenvalue weighted by molar-refractivity contribution is 8.18. The van der Waals surface area contributed by atoms with Gasteiger partial charge in [-0.3, -0.25) is 19.3 Å². The van der Waals surface area contributed by atoms with Gasteiger partial charge >= 0.3 is 0 Å². The molecule has 7 heteroatoms. The van der Waals surface area contributed by atoms with Gasteiger partial charge in [0.1, 0.15) is 6.54 Å². The van der Waals surface area contributed by atoms with Crippen molar-refractivity contribution in [1.82, 2.24) is 4.90 Å². The fourth-order valence-electron chi connectivity index (χ4n) is 2.88. The number of imide groups is 1. The number of carbonyl (C=O) groups is 3. The number of hydrogen-bond donors (Lipinski definition) is 1. The lowest BCUT2D eigenvalue weighted by molar-refractivity contribution is -0.127.